The van der Waals surface area contributed by atoms with Crippen molar-refractivity contribution >= 4 is 23.9 Å². The van der Waals surface area contributed by atoms with Crippen molar-refractivity contribution in [2.24, 2.45) is 10.3 Å². The Morgan fingerprint density at radius 1 is 1.40 bits per heavy atom. The number of nitrogens with zero attached hydrogens (tertiary/aromatic N) is 1. The van der Waals surface area contributed by atoms with Crippen molar-refractivity contribution in [1.82, 2.24) is 0 Å². The van der Waals surface area contributed by atoms with E-state index in [1.807, 2.05) is 0 Å². The van der Waals surface area contributed by atoms with Crippen LogP contribution in [-0.2, 0) is 4.18 Å². The van der Waals surface area contributed by atoms with E-state index >= 15 is 0 Å². The van der Waals surface area contributed by atoms with Crippen LogP contribution < -0.4 is 5.14 Å². The molecule has 15 heavy (non-hydrogen) atoms. The van der Waals surface area contributed by atoms with Gasteiger partial charge in [-0.15, -0.1) is 0 Å². The molecule has 0 aromatic heterocycles. The molecule has 1 aromatic rings. The molecule has 0 aliphatic rings. The van der Waals surface area contributed by atoms with E-state index < -0.39 is 5.97 Å². The topological polar surface area (TPSA) is 84.9 Å². The molecule has 0 saturated carbocycles. The van der Waals surface area contributed by atoms with Crippen molar-refractivity contribution in [3.8, 4) is 0 Å². The van der Waals surface area contributed by atoms with Crippen LogP contribution in [0, 0.1) is 0 Å². The van der Waals surface area contributed by atoms with Gasteiger partial charge in [0.15, 0.2) is 0 Å². The van der Waals surface area contributed by atoms with Crippen molar-refractivity contribution in [2.75, 3.05) is 0 Å². The van der Waals surface area contributed by atoms with E-state index in [1.54, 1.807) is 31.2 Å². The molecule has 5 nitrogen and oxygen atoms in total. The van der Waals surface area contributed by atoms with Gasteiger partial charge >= 0.3 is 5.97 Å². The lowest BCUT2D eigenvalue weighted by atomic mass is 10.1. The molecule has 0 bridgehead atoms. The van der Waals surface area contributed by atoms with Crippen molar-refractivity contribution < 1.29 is 14.2 Å². The molecule has 3 N–H and O–H groups in total. The highest BCUT2D eigenvalue weighted by molar-refractivity contribution is 7.92. The van der Waals surface area contributed by atoms with Crippen LogP contribution in [0.1, 0.15) is 22.8 Å². The number of hydrogen-bond donors (Lipinski definition) is 2. The Morgan fingerprint density at radius 3 is 2.40 bits per heavy atom. The van der Waals surface area contributed by atoms with E-state index in [2.05, 4.69) is 9.34 Å². The van der Waals surface area contributed by atoms with Crippen molar-refractivity contribution in [3.63, 3.8) is 0 Å². The molecule has 0 aliphatic heterocycles. The molecular weight excluding hydrogens is 216 g/mol. The lowest BCUT2D eigenvalue weighted by molar-refractivity contribution is 0.0768. The predicted octanol–water partition coefficient (Wildman–Crippen LogP) is 1.56. The van der Waals surface area contributed by atoms with E-state index in [4.69, 9.17) is 10.3 Å². The molecule has 0 radical (unpaired) electrons. The average Bonchev–Trinajstić information content (AvgIpc) is 2.28. The largest absolute Gasteiger partial charge is 0.411 e. The van der Waals surface area contributed by atoms with E-state index in [-0.39, 0.29) is 0 Å². The monoisotopic (exact) mass is 226 g/mol. The molecule has 0 spiro atoms. The quantitative estimate of drug-likeness (QED) is 0.268. The first-order chi connectivity index (χ1) is 7.19. The van der Waals surface area contributed by atoms with Gasteiger partial charge in [0.05, 0.1) is 11.3 Å². The van der Waals surface area contributed by atoms with Crippen LogP contribution in [0.15, 0.2) is 29.4 Å². The van der Waals surface area contributed by atoms with Gasteiger partial charge in [-0.1, -0.05) is 17.3 Å². The first-order valence-corrected chi connectivity index (χ1v) is 4.86. The third-order valence-electron chi connectivity index (χ3n) is 1.81. The number of carbonyl (C=O) groups is 1. The highest BCUT2D eigenvalue weighted by Crippen LogP contribution is 2.08. The third-order valence-corrected chi connectivity index (χ3v) is 2.06. The van der Waals surface area contributed by atoms with Crippen LogP contribution in [0.5, 0.6) is 0 Å². The summed E-state index contributed by atoms with van der Waals surface area (Å²) in [6.07, 6.45) is 0. The number of oxime groups is 1. The average molecular weight is 226 g/mol. The van der Waals surface area contributed by atoms with Gasteiger partial charge in [-0.25, -0.2) is 9.93 Å². The third kappa shape index (κ3) is 2.97. The van der Waals surface area contributed by atoms with Gasteiger partial charge in [0.25, 0.3) is 0 Å². The zero-order valence-electron chi connectivity index (χ0n) is 8.01. The SMILES string of the molecule is C/C(=N\O)c1ccc(C(=O)OSN)cc1. The Morgan fingerprint density at radius 2 is 1.93 bits per heavy atom. The second-order valence-corrected chi connectivity index (χ2v) is 3.09. The van der Waals surface area contributed by atoms with E-state index in [0.717, 1.165) is 5.56 Å². The smallest absolute Gasteiger partial charge is 0.351 e. The summed E-state index contributed by atoms with van der Waals surface area (Å²) in [5.41, 5.74) is 1.60. The minimum absolute atomic E-state index is 0.391. The Kier molecular flexibility index (Phi) is 4.14. The Bertz CT molecular complexity index is 375. The summed E-state index contributed by atoms with van der Waals surface area (Å²) in [4.78, 5) is 11.2. The highest BCUT2D eigenvalue weighted by atomic mass is 32.2. The van der Waals surface area contributed by atoms with Gasteiger partial charge in [0.1, 0.15) is 12.2 Å². The number of carbonyl (C=O) groups excluding carboxylic acids is 1. The number of hydrogen-bond acceptors (Lipinski definition) is 6. The number of benzene rings is 1. The van der Waals surface area contributed by atoms with Gasteiger partial charge in [0, 0.05) is 0 Å². The maximum Gasteiger partial charge on any atom is 0.351 e. The van der Waals surface area contributed by atoms with E-state index in [1.165, 1.54) is 0 Å². The van der Waals surface area contributed by atoms with Crippen molar-refractivity contribution in [1.29, 1.82) is 0 Å². The molecule has 0 saturated heterocycles. The second kappa shape index (κ2) is 5.38. The van der Waals surface area contributed by atoms with Gasteiger partial charge in [-0.3, -0.25) is 0 Å². The fourth-order valence-electron chi connectivity index (χ4n) is 0.997. The number of nitrogens with two attached hydrogens (primary N) is 1. The molecule has 0 aliphatic carbocycles. The molecule has 1 rings (SSSR count). The van der Waals surface area contributed by atoms with Crippen LogP contribution in [0.4, 0.5) is 0 Å². The Labute approximate surface area is 91.3 Å². The van der Waals surface area contributed by atoms with Crippen LogP contribution in [0.3, 0.4) is 0 Å². The summed E-state index contributed by atoms with van der Waals surface area (Å²) in [5, 5.41) is 16.6. The molecule has 0 unspecified atom stereocenters. The fraction of sp³-hybridized carbons (Fsp3) is 0.111. The number of rotatable bonds is 3. The minimum Gasteiger partial charge on any atom is -0.411 e. The zero-order valence-corrected chi connectivity index (χ0v) is 8.82. The summed E-state index contributed by atoms with van der Waals surface area (Å²) in [6.45, 7) is 1.66. The standard InChI is InChI=1S/C9H10N2O3S/c1-6(11-13)7-2-4-8(5-3-7)9(12)14-15-10/h2-5,13H,10H2,1H3/b11-6+. The van der Waals surface area contributed by atoms with Crippen LogP contribution in [0.25, 0.3) is 0 Å². The summed E-state index contributed by atoms with van der Waals surface area (Å²) in [7, 11) is 0. The predicted molar refractivity (Wildman–Crippen MR) is 57.6 cm³/mol. The van der Waals surface area contributed by atoms with Gasteiger partial charge < -0.3 is 9.39 Å². The molecule has 80 valence electrons. The molecular formula is C9H10N2O3S. The van der Waals surface area contributed by atoms with Crippen LogP contribution in [-0.4, -0.2) is 16.9 Å². The minimum atomic E-state index is -0.507. The molecule has 0 heterocycles. The highest BCUT2D eigenvalue weighted by Gasteiger charge is 2.07. The van der Waals surface area contributed by atoms with Crippen LogP contribution in [0.2, 0.25) is 0 Å². The summed E-state index contributed by atoms with van der Waals surface area (Å²) in [5.74, 6) is -0.507. The Hall–Kier alpha value is -1.53. The lowest BCUT2D eigenvalue weighted by Crippen LogP contribution is -2.02. The van der Waals surface area contributed by atoms with E-state index in [9.17, 15) is 4.79 Å². The maximum absolute atomic E-state index is 11.2. The van der Waals surface area contributed by atoms with Crippen molar-refractivity contribution in [2.45, 2.75) is 6.92 Å². The zero-order chi connectivity index (χ0) is 11.3. The molecule has 0 fully saturated rings. The Balaban J connectivity index is 2.85. The molecule has 0 atom stereocenters. The lowest BCUT2D eigenvalue weighted by Gasteiger charge is -2.01. The molecule has 0 amide bonds. The van der Waals surface area contributed by atoms with Crippen molar-refractivity contribution in [3.05, 3.63) is 35.4 Å². The fourth-order valence-corrected chi connectivity index (χ4v) is 1.18. The normalized spacial score (nSPS) is 11.2. The van der Waals surface area contributed by atoms with E-state index in [0.29, 0.717) is 23.5 Å². The van der Waals surface area contributed by atoms with Gasteiger partial charge in [0.2, 0.25) is 0 Å². The summed E-state index contributed by atoms with van der Waals surface area (Å²) >= 11 is 0.506. The molecule has 6 heteroatoms. The first kappa shape index (κ1) is 11.5. The molecule has 1 aromatic carbocycles. The summed E-state index contributed by atoms with van der Waals surface area (Å²) < 4.78 is 4.53. The van der Waals surface area contributed by atoms with Crippen LogP contribution >= 0.6 is 12.2 Å². The van der Waals surface area contributed by atoms with Gasteiger partial charge in [-0.05, 0) is 24.6 Å². The van der Waals surface area contributed by atoms with Gasteiger partial charge in [-0.2, -0.15) is 0 Å². The first-order valence-electron chi connectivity index (χ1n) is 4.06. The summed E-state index contributed by atoms with van der Waals surface area (Å²) in [6, 6.07) is 6.46. The second-order valence-electron chi connectivity index (χ2n) is 2.73. The maximum atomic E-state index is 11.2.